The fourth-order valence-corrected chi connectivity index (χ4v) is 2.76. The number of amides is 1. The zero-order valence-corrected chi connectivity index (χ0v) is 13.9. The van der Waals surface area contributed by atoms with Crippen LogP contribution in [0.4, 0.5) is 18.9 Å². The number of hydrogen-bond acceptors (Lipinski definition) is 2. The standard InChI is InChI=1S/C17H17F3N2OS/c1-22(10-12-3-2-4-13(18)9-12)11-16(23)21-14-5-7-15(8-6-14)24-17(19)20/h2-9,17H,10-11H2,1H3,(H,21,23)/p+1. The summed E-state index contributed by atoms with van der Waals surface area (Å²) in [5.41, 5.74) is 1.37. The molecular weight excluding hydrogens is 337 g/mol. The molecule has 0 aliphatic rings. The number of halogens is 3. The smallest absolute Gasteiger partial charge is 0.288 e. The molecule has 2 aromatic carbocycles. The van der Waals surface area contributed by atoms with Gasteiger partial charge in [0.2, 0.25) is 0 Å². The van der Waals surface area contributed by atoms with Crippen LogP contribution in [0.25, 0.3) is 0 Å². The van der Waals surface area contributed by atoms with E-state index in [1.807, 2.05) is 13.1 Å². The minimum Gasteiger partial charge on any atom is -0.326 e. The molecule has 0 saturated heterocycles. The van der Waals surface area contributed by atoms with Gasteiger partial charge in [-0.25, -0.2) is 4.39 Å². The summed E-state index contributed by atoms with van der Waals surface area (Å²) in [6, 6.07) is 12.5. The molecule has 0 spiro atoms. The van der Waals surface area contributed by atoms with Crippen molar-refractivity contribution in [1.29, 1.82) is 0 Å². The van der Waals surface area contributed by atoms with Crippen molar-refractivity contribution in [3.8, 4) is 0 Å². The summed E-state index contributed by atoms with van der Waals surface area (Å²) in [6.45, 7) is 0.735. The lowest BCUT2D eigenvalue weighted by molar-refractivity contribution is -0.885. The van der Waals surface area contributed by atoms with Gasteiger partial charge in [0, 0.05) is 16.1 Å². The lowest BCUT2D eigenvalue weighted by Gasteiger charge is -2.14. The summed E-state index contributed by atoms with van der Waals surface area (Å²) >= 11 is 0.458. The van der Waals surface area contributed by atoms with Crippen LogP contribution in [-0.2, 0) is 11.3 Å². The van der Waals surface area contributed by atoms with Gasteiger partial charge in [0.05, 0.1) is 7.05 Å². The van der Waals surface area contributed by atoms with Gasteiger partial charge in [-0.05, 0) is 36.4 Å². The minimum atomic E-state index is -2.47. The van der Waals surface area contributed by atoms with Gasteiger partial charge in [-0.1, -0.05) is 23.9 Å². The number of alkyl halides is 2. The molecule has 2 N–H and O–H groups in total. The number of anilines is 1. The maximum Gasteiger partial charge on any atom is 0.288 e. The van der Waals surface area contributed by atoms with Crippen molar-refractivity contribution in [1.82, 2.24) is 0 Å². The number of quaternary nitrogens is 1. The molecule has 2 aromatic rings. The van der Waals surface area contributed by atoms with E-state index in [0.717, 1.165) is 10.5 Å². The normalized spacial score (nSPS) is 12.2. The van der Waals surface area contributed by atoms with Crippen molar-refractivity contribution in [3.05, 3.63) is 59.9 Å². The molecule has 0 radical (unpaired) electrons. The topological polar surface area (TPSA) is 33.5 Å². The molecular formula is C17H18F3N2OS+. The number of nitrogens with one attached hydrogen (secondary N) is 2. The molecule has 1 amide bonds. The molecule has 0 aliphatic heterocycles. The summed E-state index contributed by atoms with van der Waals surface area (Å²) in [6.07, 6.45) is 0. The Bertz CT molecular complexity index is 680. The summed E-state index contributed by atoms with van der Waals surface area (Å²) in [5.74, 6) is -2.96. The van der Waals surface area contributed by atoms with Crippen molar-refractivity contribution in [3.63, 3.8) is 0 Å². The monoisotopic (exact) mass is 355 g/mol. The minimum absolute atomic E-state index is 0.196. The van der Waals surface area contributed by atoms with E-state index in [9.17, 15) is 18.0 Å². The number of carbonyl (C=O) groups is 1. The van der Waals surface area contributed by atoms with Crippen LogP contribution in [0.5, 0.6) is 0 Å². The largest absolute Gasteiger partial charge is 0.326 e. The van der Waals surface area contributed by atoms with E-state index < -0.39 is 5.76 Å². The third-order valence-electron chi connectivity index (χ3n) is 3.22. The Hall–Kier alpha value is -1.99. The van der Waals surface area contributed by atoms with Crippen molar-refractivity contribution in [2.75, 3.05) is 18.9 Å². The number of rotatable bonds is 7. The Morgan fingerprint density at radius 1 is 1.21 bits per heavy atom. The van der Waals surface area contributed by atoms with Crippen LogP contribution >= 0.6 is 11.8 Å². The van der Waals surface area contributed by atoms with Gasteiger partial charge < -0.3 is 10.2 Å². The number of likely N-dealkylation sites (N-methyl/N-ethyl adjacent to an activating group) is 1. The van der Waals surface area contributed by atoms with E-state index in [1.54, 1.807) is 18.2 Å². The highest BCUT2D eigenvalue weighted by atomic mass is 32.2. The van der Waals surface area contributed by atoms with Crippen LogP contribution in [0, 0.1) is 5.82 Å². The van der Waals surface area contributed by atoms with Crippen LogP contribution < -0.4 is 10.2 Å². The van der Waals surface area contributed by atoms with Gasteiger partial charge in [-0.2, -0.15) is 8.78 Å². The average molecular weight is 355 g/mol. The van der Waals surface area contributed by atoms with Gasteiger partial charge in [0.25, 0.3) is 11.7 Å². The van der Waals surface area contributed by atoms with Crippen LogP contribution in [0.1, 0.15) is 5.56 Å². The Balaban J connectivity index is 1.83. The number of thioether (sulfide) groups is 1. The zero-order valence-electron chi connectivity index (χ0n) is 13.1. The van der Waals surface area contributed by atoms with Crippen molar-refractivity contribution < 1.29 is 22.9 Å². The van der Waals surface area contributed by atoms with Crippen molar-refractivity contribution in [2.24, 2.45) is 0 Å². The van der Waals surface area contributed by atoms with Gasteiger partial charge in [-0.15, -0.1) is 0 Å². The highest BCUT2D eigenvalue weighted by molar-refractivity contribution is 7.99. The first-order valence-corrected chi connectivity index (χ1v) is 8.21. The fourth-order valence-electron chi connectivity index (χ4n) is 2.26. The first-order chi connectivity index (χ1) is 11.4. The van der Waals surface area contributed by atoms with Gasteiger partial charge >= 0.3 is 0 Å². The Morgan fingerprint density at radius 2 is 1.92 bits per heavy atom. The van der Waals surface area contributed by atoms with Gasteiger partial charge in [0.1, 0.15) is 12.4 Å². The molecule has 0 bridgehead atoms. The molecule has 2 rings (SSSR count). The molecule has 128 valence electrons. The highest BCUT2D eigenvalue weighted by Crippen LogP contribution is 2.26. The van der Waals surface area contributed by atoms with Gasteiger partial charge in [0.15, 0.2) is 6.54 Å². The SMILES string of the molecule is C[NH+](CC(=O)Nc1ccc(SC(F)F)cc1)Cc1cccc(F)c1. The fraction of sp³-hybridized carbons (Fsp3) is 0.235. The summed E-state index contributed by atoms with van der Waals surface area (Å²) in [7, 11) is 1.84. The quantitative estimate of drug-likeness (QED) is 0.749. The van der Waals surface area contributed by atoms with E-state index in [-0.39, 0.29) is 18.3 Å². The Morgan fingerprint density at radius 3 is 2.54 bits per heavy atom. The molecule has 0 heterocycles. The van der Waals surface area contributed by atoms with E-state index >= 15 is 0 Å². The molecule has 1 atom stereocenters. The summed E-state index contributed by atoms with van der Waals surface area (Å²) < 4.78 is 37.6. The molecule has 1 unspecified atom stereocenters. The first kappa shape index (κ1) is 18.4. The van der Waals surface area contributed by atoms with Crippen LogP contribution in [-0.4, -0.2) is 25.3 Å². The molecule has 0 aromatic heterocycles. The second kappa shape index (κ2) is 8.75. The third-order valence-corrected chi connectivity index (χ3v) is 3.94. The summed E-state index contributed by atoms with van der Waals surface area (Å²) in [4.78, 5) is 13.4. The predicted molar refractivity (Wildman–Crippen MR) is 88.8 cm³/mol. The zero-order chi connectivity index (χ0) is 17.5. The Labute approximate surface area is 142 Å². The van der Waals surface area contributed by atoms with Crippen LogP contribution in [0.2, 0.25) is 0 Å². The average Bonchev–Trinajstić information content (AvgIpc) is 2.48. The van der Waals surface area contributed by atoms with E-state index in [4.69, 9.17) is 0 Å². The predicted octanol–water partition coefficient (Wildman–Crippen LogP) is 2.79. The van der Waals surface area contributed by atoms with Gasteiger partial charge in [-0.3, -0.25) is 4.79 Å². The molecule has 7 heteroatoms. The molecule has 0 fully saturated rings. The second-order valence-corrected chi connectivity index (χ2v) is 6.46. The van der Waals surface area contributed by atoms with Crippen molar-refractivity contribution in [2.45, 2.75) is 17.2 Å². The second-order valence-electron chi connectivity index (χ2n) is 5.39. The molecule has 3 nitrogen and oxygen atoms in total. The first-order valence-electron chi connectivity index (χ1n) is 7.33. The van der Waals surface area contributed by atoms with E-state index in [1.165, 1.54) is 24.3 Å². The number of benzene rings is 2. The number of carbonyl (C=O) groups excluding carboxylic acids is 1. The molecule has 24 heavy (non-hydrogen) atoms. The van der Waals surface area contributed by atoms with Crippen LogP contribution in [0.15, 0.2) is 53.4 Å². The lowest BCUT2D eigenvalue weighted by atomic mass is 10.2. The van der Waals surface area contributed by atoms with E-state index in [2.05, 4.69) is 5.32 Å². The number of hydrogen-bond donors (Lipinski definition) is 2. The maximum atomic E-state index is 13.1. The summed E-state index contributed by atoms with van der Waals surface area (Å²) in [5, 5.41) is 2.72. The molecule has 0 aliphatic carbocycles. The lowest BCUT2D eigenvalue weighted by Crippen LogP contribution is -3.08. The molecule has 0 saturated carbocycles. The van der Waals surface area contributed by atoms with E-state index in [0.29, 0.717) is 28.9 Å². The van der Waals surface area contributed by atoms with Crippen LogP contribution in [0.3, 0.4) is 0 Å². The van der Waals surface area contributed by atoms with Crippen molar-refractivity contribution >= 4 is 23.4 Å². The highest BCUT2D eigenvalue weighted by Gasteiger charge is 2.12. The Kier molecular flexibility index (Phi) is 6.69. The maximum absolute atomic E-state index is 13.1. The third kappa shape index (κ3) is 6.25.